The molecule has 1 amide bonds. The van der Waals surface area contributed by atoms with Crippen LogP contribution in [-0.4, -0.2) is 24.3 Å². The highest BCUT2D eigenvalue weighted by Crippen LogP contribution is 2.25. The van der Waals surface area contributed by atoms with E-state index in [0.717, 1.165) is 6.07 Å². The molecule has 6 heteroatoms. The van der Waals surface area contributed by atoms with Gasteiger partial charge in [0.25, 0.3) is 5.91 Å². The molecule has 0 saturated carbocycles. The van der Waals surface area contributed by atoms with Crippen LogP contribution in [0.3, 0.4) is 0 Å². The zero-order chi connectivity index (χ0) is 15.2. The molecular weight excluding hydrogens is 275 g/mol. The van der Waals surface area contributed by atoms with Gasteiger partial charge in [-0.1, -0.05) is 6.07 Å². The van der Waals surface area contributed by atoms with Crippen LogP contribution in [0.1, 0.15) is 15.9 Å². The van der Waals surface area contributed by atoms with Crippen molar-refractivity contribution in [2.75, 3.05) is 7.11 Å². The first-order valence-electron chi connectivity index (χ1n) is 6.06. The van der Waals surface area contributed by atoms with Gasteiger partial charge in [0.2, 0.25) is 0 Å². The van der Waals surface area contributed by atoms with Gasteiger partial charge in [-0.2, -0.15) is 5.10 Å². The van der Waals surface area contributed by atoms with Crippen LogP contribution in [-0.2, 0) is 0 Å². The Bertz CT molecular complexity index is 686. The van der Waals surface area contributed by atoms with E-state index in [2.05, 4.69) is 10.5 Å². The molecule has 2 aromatic carbocycles. The standard InChI is InChI=1S/C15H13FN2O3/c1-21-14-6-5-10(7-13(14)19)9-17-18-15(20)11-3-2-4-12(16)8-11/h2-9,19H,1H3,(H,18,20). The summed E-state index contributed by atoms with van der Waals surface area (Å²) in [5.41, 5.74) is 3.02. The first-order valence-corrected chi connectivity index (χ1v) is 6.06. The number of carbonyl (C=O) groups excluding carboxylic acids is 1. The van der Waals surface area contributed by atoms with Gasteiger partial charge in [-0.25, -0.2) is 9.82 Å². The Hall–Kier alpha value is -2.89. The van der Waals surface area contributed by atoms with E-state index < -0.39 is 11.7 Å². The van der Waals surface area contributed by atoms with Crippen LogP contribution >= 0.6 is 0 Å². The molecule has 0 fully saturated rings. The summed E-state index contributed by atoms with van der Waals surface area (Å²) in [7, 11) is 1.45. The molecule has 2 rings (SSSR count). The number of phenols is 1. The summed E-state index contributed by atoms with van der Waals surface area (Å²) in [4.78, 5) is 11.7. The lowest BCUT2D eigenvalue weighted by Gasteiger charge is -2.03. The van der Waals surface area contributed by atoms with Gasteiger partial charge in [0.05, 0.1) is 13.3 Å². The van der Waals surface area contributed by atoms with Gasteiger partial charge in [-0.05, 0) is 42.0 Å². The van der Waals surface area contributed by atoms with Gasteiger partial charge in [0.1, 0.15) is 5.82 Å². The van der Waals surface area contributed by atoms with E-state index in [1.165, 1.54) is 37.6 Å². The average Bonchev–Trinajstić information content (AvgIpc) is 2.47. The molecule has 0 atom stereocenters. The number of carbonyl (C=O) groups is 1. The number of ether oxygens (including phenoxy) is 1. The lowest BCUT2D eigenvalue weighted by molar-refractivity contribution is 0.0954. The van der Waals surface area contributed by atoms with Crippen LogP contribution in [0.2, 0.25) is 0 Å². The van der Waals surface area contributed by atoms with E-state index in [1.807, 2.05) is 0 Å². The summed E-state index contributed by atoms with van der Waals surface area (Å²) in [6.07, 6.45) is 1.36. The fourth-order valence-electron chi connectivity index (χ4n) is 1.65. The van der Waals surface area contributed by atoms with Crippen molar-refractivity contribution in [3.63, 3.8) is 0 Å². The quantitative estimate of drug-likeness (QED) is 0.670. The van der Waals surface area contributed by atoms with Crippen molar-refractivity contribution in [3.05, 3.63) is 59.4 Å². The number of benzene rings is 2. The van der Waals surface area contributed by atoms with Gasteiger partial charge in [0.15, 0.2) is 11.5 Å². The van der Waals surface area contributed by atoms with Crippen LogP contribution in [0.25, 0.3) is 0 Å². The number of hydrogen-bond donors (Lipinski definition) is 2. The lowest BCUT2D eigenvalue weighted by Crippen LogP contribution is -2.17. The molecule has 0 bridgehead atoms. The zero-order valence-electron chi connectivity index (χ0n) is 11.2. The van der Waals surface area contributed by atoms with E-state index in [0.29, 0.717) is 11.3 Å². The molecule has 0 aliphatic rings. The number of hydrogen-bond acceptors (Lipinski definition) is 4. The minimum absolute atomic E-state index is 0.0297. The molecule has 5 nitrogen and oxygen atoms in total. The van der Waals surface area contributed by atoms with Crippen molar-refractivity contribution in [2.45, 2.75) is 0 Å². The second kappa shape index (κ2) is 6.51. The van der Waals surface area contributed by atoms with Crippen molar-refractivity contribution in [1.82, 2.24) is 5.43 Å². The average molecular weight is 288 g/mol. The maximum atomic E-state index is 13.0. The van der Waals surface area contributed by atoms with Crippen molar-refractivity contribution < 1.29 is 19.0 Å². The van der Waals surface area contributed by atoms with Crippen molar-refractivity contribution in [2.24, 2.45) is 5.10 Å². The third-order valence-corrected chi connectivity index (χ3v) is 2.67. The summed E-state index contributed by atoms with van der Waals surface area (Å²) in [6.45, 7) is 0. The summed E-state index contributed by atoms with van der Waals surface area (Å²) < 4.78 is 17.9. The number of hydrazone groups is 1. The second-order valence-electron chi connectivity index (χ2n) is 4.14. The van der Waals surface area contributed by atoms with Crippen molar-refractivity contribution in [1.29, 1.82) is 0 Å². The van der Waals surface area contributed by atoms with Gasteiger partial charge in [-0.15, -0.1) is 0 Å². The van der Waals surface area contributed by atoms with E-state index in [9.17, 15) is 14.3 Å². The summed E-state index contributed by atoms with van der Waals surface area (Å²) >= 11 is 0. The Kier molecular flexibility index (Phi) is 4.50. The van der Waals surface area contributed by atoms with Gasteiger partial charge in [0, 0.05) is 5.56 Å². The minimum Gasteiger partial charge on any atom is -0.504 e. The normalized spacial score (nSPS) is 10.6. The third-order valence-electron chi connectivity index (χ3n) is 2.67. The molecule has 0 spiro atoms. The van der Waals surface area contributed by atoms with Crippen molar-refractivity contribution in [3.8, 4) is 11.5 Å². The van der Waals surface area contributed by atoms with Crippen LogP contribution in [0.5, 0.6) is 11.5 Å². The lowest BCUT2D eigenvalue weighted by atomic mass is 10.2. The molecule has 21 heavy (non-hydrogen) atoms. The number of amides is 1. The maximum absolute atomic E-state index is 13.0. The predicted octanol–water partition coefficient (Wildman–Crippen LogP) is 2.30. The molecule has 2 N–H and O–H groups in total. The highest BCUT2D eigenvalue weighted by Gasteiger charge is 2.05. The highest BCUT2D eigenvalue weighted by atomic mass is 19.1. The molecular formula is C15H13FN2O3. The number of methoxy groups -OCH3 is 1. The fraction of sp³-hybridized carbons (Fsp3) is 0.0667. The molecule has 108 valence electrons. The number of aromatic hydroxyl groups is 1. The highest BCUT2D eigenvalue weighted by molar-refractivity contribution is 5.94. The molecule has 0 aliphatic heterocycles. The largest absolute Gasteiger partial charge is 0.504 e. The van der Waals surface area contributed by atoms with E-state index in [1.54, 1.807) is 12.1 Å². The van der Waals surface area contributed by atoms with Gasteiger partial charge >= 0.3 is 0 Å². The minimum atomic E-state index is -0.525. The fourth-order valence-corrected chi connectivity index (χ4v) is 1.65. The van der Waals surface area contributed by atoms with Gasteiger partial charge in [-0.3, -0.25) is 4.79 Å². The van der Waals surface area contributed by atoms with Crippen LogP contribution in [0.4, 0.5) is 4.39 Å². The number of nitrogens with one attached hydrogen (secondary N) is 1. The predicted molar refractivity (Wildman–Crippen MR) is 76.1 cm³/mol. The van der Waals surface area contributed by atoms with Crippen molar-refractivity contribution >= 4 is 12.1 Å². The summed E-state index contributed by atoms with van der Waals surface area (Å²) in [6, 6.07) is 9.96. The number of halogens is 1. The van der Waals surface area contributed by atoms with Crippen LogP contribution in [0.15, 0.2) is 47.6 Å². The third kappa shape index (κ3) is 3.79. The molecule has 0 aromatic heterocycles. The Balaban J connectivity index is 2.02. The Labute approximate surface area is 120 Å². The van der Waals surface area contributed by atoms with E-state index in [4.69, 9.17) is 4.74 Å². The molecule has 2 aromatic rings. The summed E-state index contributed by atoms with van der Waals surface area (Å²) in [5, 5.41) is 13.3. The Morgan fingerprint density at radius 2 is 2.14 bits per heavy atom. The van der Waals surface area contributed by atoms with Crippen LogP contribution < -0.4 is 10.2 Å². The first-order chi connectivity index (χ1) is 10.1. The van der Waals surface area contributed by atoms with Crippen LogP contribution in [0, 0.1) is 5.82 Å². The van der Waals surface area contributed by atoms with Gasteiger partial charge < -0.3 is 9.84 Å². The molecule has 0 heterocycles. The molecule has 0 aliphatic carbocycles. The smallest absolute Gasteiger partial charge is 0.271 e. The van der Waals surface area contributed by atoms with E-state index >= 15 is 0 Å². The first kappa shape index (κ1) is 14.5. The Morgan fingerprint density at radius 3 is 2.81 bits per heavy atom. The monoisotopic (exact) mass is 288 g/mol. The molecule has 0 radical (unpaired) electrons. The number of rotatable bonds is 4. The topological polar surface area (TPSA) is 70.9 Å². The zero-order valence-corrected chi connectivity index (χ0v) is 11.2. The maximum Gasteiger partial charge on any atom is 0.271 e. The Morgan fingerprint density at radius 1 is 1.33 bits per heavy atom. The second-order valence-corrected chi connectivity index (χ2v) is 4.14. The number of nitrogens with zero attached hydrogens (tertiary/aromatic N) is 1. The SMILES string of the molecule is COc1ccc(C=NNC(=O)c2cccc(F)c2)cc1O. The molecule has 0 unspecified atom stereocenters. The molecule has 0 saturated heterocycles. The summed E-state index contributed by atoms with van der Waals surface area (Å²) in [5.74, 6) is -0.705. The number of phenolic OH excluding ortho intramolecular Hbond substituents is 1. The van der Waals surface area contributed by atoms with E-state index in [-0.39, 0.29) is 11.3 Å².